The molecule has 0 aromatic carbocycles. The first-order chi connectivity index (χ1) is 9.45. The van der Waals surface area contributed by atoms with Gasteiger partial charge in [0.15, 0.2) is 0 Å². The van der Waals surface area contributed by atoms with Gasteiger partial charge in [0.25, 0.3) is 0 Å². The quantitative estimate of drug-likeness (QED) is 0.831. The van der Waals surface area contributed by atoms with Crippen molar-refractivity contribution in [3.05, 3.63) is 0 Å². The van der Waals surface area contributed by atoms with Crippen LogP contribution in [0.1, 0.15) is 59.8 Å². The van der Waals surface area contributed by atoms with Crippen molar-refractivity contribution in [3.63, 3.8) is 0 Å². The molecular formula is C18H34N2. The summed E-state index contributed by atoms with van der Waals surface area (Å²) >= 11 is 0. The molecule has 2 saturated carbocycles. The highest BCUT2D eigenvalue weighted by Crippen LogP contribution is 2.50. The van der Waals surface area contributed by atoms with Crippen molar-refractivity contribution in [3.8, 4) is 0 Å². The van der Waals surface area contributed by atoms with Crippen LogP contribution in [0.25, 0.3) is 0 Å². The van der Waals surface area contributed by atoms with E-state index >= 15 is 0 Å². The second-order valence-electron chi connectivity index (χ2n) is 8.80. The van der Waals surface area contributed by atoms with E-state index in [0.717, 1.165) is 23.8 Å². The minimum Gasteiger partial charge on any atom is -0.312 e. The third kappa shape index (κ3) is 2.92. The van der Waals surface area contributed by atoms with Gasteiger partial charge in [-0.25, -0.2) is 0 Å². The van der Waals surface area contributed by atoms with Gasteiger partial charge in [-0.2, -0.15) is 0 Å². The smallest absolute Gasteiger partial charge is 0.0243 e. The maximum atomic E-state index is 3.79. The zero-order chi connectivity index (χ0) is 14.3. The molecule has 3 fully saturated rings. The molecular weight excluding hydrogens is 244 g/mol. The van der Waals surface area contributed by atoms with Crippen molar-refractivity contribution in [2.75, 3.05) is 19.6 Å². The van der Waals surface area contributed by atoms with E-state index in [1.807, 2.05) is 0 Å². The summed E-state index contributed by atoms with van der Waals surface area (Å²) in [7, 11) is 0. The molecule has 1 N–H and O–H groups in total. The molecule has 5 unspecified atom stereocenters. The second kappa shape index (κ2) is 5.61. The van der Waals surface area contributed by atoms with Gasteiger partial charge < -0.3 is 5.32 Å². The molecule has 20 heavy (non-hydrogen) atoms. The molecule has 5 atom stereocenters. The number of nitrogens with one attached hydrogen (secondary N) is 1. The van der Waals surface area contributed by atoms with E-state index in [2.05, 4.69) is 37.9 Å². The van der Waals surface area contributed by atoms with Crippen molar-refractivity contribution in [2.24, 2.45) is 23.2 Å². The summed E-state index contributed by atoms with van der Waals surface area (Å²) in [5.41, 5.74) is 0.372. The first-order valence-electron chi connectivity index (χ1n) is 8.92. The van der Waals surface area contributed by atoms with Gasteiger partial charge in [-0.1, -0.05) is 27.2 Å². The summed E-state index contributed by atoms with van der Waals surface area (Å²) in [6.45, 7) is 13.4. The lowest BCUT2D eigenvalue weighted by molar-refractivity contribution is 0.101. The van der Waals surface area contributed by atoms with Crippen LogP contribution >= 0.6 is 0 Å². The molecule has 1 aliphatic heterocycles. The van der Waals surface area contributed by atoms with E-state index in [9.17, 15) is 0 Å². The van der Waals surface area contributed by atoms with Crippen molar-refractivity contribution in [1.82, 2.24) is 10.2 Å². The molecule has 1 heterocycles. The Labute approximate surface area is 125 Å². The summed E-state index contributed by atoms with van der Waals surface area (Å²) in [4.78, 5) is 2.82. The highest BCUT2D eigenvalue weighted by atomic mass is 15.2. The lowest BCUT2D eigenvalue weighted by Gasteiger charge is -2.40. The Morgan fingerprint density at radius 3 is 2.55 bits per heavy atom. The molecule has 2 heteroatoms. The van der Waals surface area contributed by atoms with Crippen molar-refractivity contribution < 1.29 is 0 Å². The fraction of sp³-hybridized carbons (Fsp3) is 1.00. The fourth-order valence-corrected chi connectivity index (χ4v) is 5.05. The molecule has 0 radical (unpaired) electrons. The first-order valence-corrected chi connectivity index (χ1v) is 8.92. The van der Waals surface area contributed by atoms with Crippen molar-refractivity contribution in [2.45, 2.75) is 71.9 Å². The van der Waals surface area contributed by atoms with E-state index in [0.29, 0.717) is 11.5 Å². The van der Waals surface area contributed by atoms with Gasteiger partial charge in [0.05, 0.1) is 0 Å². The Balaban J connectivity index is 1.65. The van der Waals surface area contributed by atoms with Crippen LogP contribution in [-0.4, -0.2) is 36.6 Å². The largest absolute Gasteiger partial charge is 0.312 e. The van der Waals surface area contributed by atoms with Crippen molar-refractivity contribution in [1.29, 1.82) is 0 Å². The van der Waals surface area contributed by atoms with Gasteiger partial charge in [0.1, 0.15) is 0 Å². The standard InChI is InChI=1S/C18H34N2/c1-13(16-11-14-6-7-15(16)10-14)20-9-5-8-19-17(12-20)18(2,3)4/h13-17,19H,5-12H2,1-4H3. The van der Waals surface area contributed by atoms with Crippen LogP contribution in [0.5, 0.6) is 0 Å². The maximum absolute atomic E-state index is 3.79. The summed E-state index contributed by atoms with van der Waals surface area (Å²) in [5, 5.41) is 3.79. The van der Waals surface area contributed by atoms with E-state index in [1.165, 1.54) is 45.3 Å². The number of hydrogen-bond donors (Lipinski definition) is 1. The van der Waals surface area contributed by atoms with Crippen LogP contribution in [0.3, 0.4) is 0 Å². The van der Waals surface area contributed by atoms with Gasteiger partial charge in [-0.15, -0.1) is 0 Å². The molecule has 2 nitrogen and oxygen atoms in total. The Morgan fingerprint density at radius 2 is 1.95 bits per heavy atom. The molecule has 0 aromatic heterocycles. The average molecular weight is 278 g/mol. The molecule has 0 spiro atoms. The minimum absolute atomic E-state index is 0.372. The van der Waals surface area contributed by atoms with Gasteiger partial charge in [0.2, 0.25) is 0 Å². The molecule has 2 bridgehead atoms. The van der Waals surface area contributed by atoms with Crippen LogP contribution in [0, 0.1) is 23.2 Å². The van der Waals surface area contributed by atoms with E-state index in [-0.39, 0.29) is 0 Å². The normalized spacial score (nSPS) is 40.8. The molecule has 0 aromatic rings. The number of fused-ring (bicyclic) bond motifs is 2. The van der Waals surface area contributed by atoms with Crippen LogP contribution in [0.4, 0.5) is 0 Å². The third-order valence-corrected chi connectivity index (χ3v) is 6.46. The highest BCUT2D eigenvalue weighted by Gasteiger charge is 2.43. The lowest BCUT2D eigenvalue weighted by atomic mass is 9.82. The Bertz CT molecular complexity index is 333. The molecule has 2 aliphatic carbocycles. The Hall–Kier alpha value is -0.0800. The summed E-state index contributed by atoms with van der Waals surface area (Å²) < 4.78 is 0. The zero-order valence-electron chi connectivity index (χ0n) is 14.0. The van der Waals surface area contributed by atoms with E-state index in [1.54, 1.807) is 6.42 Å². The number of rotatable bonds is 2. The maximum Gasteiger partial charge on any atom is 0.0243 e. The summed E-state index contributed by atoms with van der Waals surface area (Å²) in [5.74, 6) is 3.13. The molecule has 3 aliphatic rings. The monoisotopic (exact) mass is 278 g/mol. The van der Waals surface area contributed by atoms with Crippen LogP contribution in [0.15, 0.2) is 0 Å². The molecule has 116 valence electrons. The predicted octanol–water partition coefficient (Wildman–Crippen LogP) is 3.52. The van der Waals surface area contributed by atoms with E-state index in [4.69, 9.17) is 0 Å². The second-order valence-corrected chi connectivity index (χ2v) is 8.80. The van der Waals surface area contributed by atoms with Crippen LogP contribution < -0.4 is 5.32 Å². The molecule has 1 saturated heterocycles. The number of nitrogens with zero attached hydrogens (tertiary/aromatic N) is 1. The minimum atomic E-state index is 0.372. The van der Waals surface area contributed by atoms with Gasteiger partial charge >= 0.3 is 0 Å². The fourth-order valence-electron chi connectivity index (χ4n) is 5.05. The Morgan fingerprint density at radius 1 is 1.15 bits per heavy atom. The summed E-state index contributed by atoms with van der Waals surface area (Å²) in [6, 6.07) is 1.45. The molecule has 3 rings (SSSR count). The third-order valence-electron chi connectivity index (χ3n) is 6.46. The lowest BCUT2D eigenvalue weighted by Crippen LogP contribution is -2.50. The van der Waals surface area contributed by atoms with Gasteiger partial charge in [-0.3, -0.25) is 4.90 Å². The zero-order valence-corrected chi connectivity index (χ0v) is 14.0. The molecule has 0 amide bonds. The average Bonchev–Trinajstić information content (AvgIpc) is 2.91. The van der Waals surface area contributed by atoms with Gasteiger partial charge in [-0.05, 0) is 68.9 Å². The van der Waals surface area contributed by atoms with Crippen molar-refractivity contribution >= 4 is 0 Å². The number of hydrogen-bond acceptors (Lipinski definition) is 2. The highest BCUT2D eigenvalue weighted by molar-refractivity contribution is 4.96. The predicted molar refractivity (Wildman–Crippen MR) is 85.8 cm³/mol. The Kier molecular flexibility index (Phi) is 4.16. The summed E-state index contributed by atoms with van der Waals surface area (Å²) in [6.07, 6.45) is 7.44. The van der Waals surface area contributed by atoms with Crippen LogP contribution in [0.2, 0.25) is 0 Å². The SMILES string of the molecule is CC(C1CC2CCC1C2)N1CCCNC(C(C)(C)C)C1. The topological polar surface area (TPSA) is 15.3 Å². The van der Waals surface area contributed by atoms with E-state index < -0.39 is 0 Å². The van der Waals surface area contributed by atoms with Gasteiger partial charge in [0, 0.05) is 18.6 Å². The first kappa shape index (κ1) is 14.8. The van der Waals surface area contributed by atoms with Crippen LogP contribution in [-0.2, 0) is 0 Å².